The van der Waals surface area contributed by atoms with Crippen LogP contribution in [0.4, 0.5) is 0 Å². The highest BCUT2D eigenvalue weighted by Crippen LogP contribution is 2.37. The topological polar surface area (TPSA) is 46.3 Å². The van der Waals surface area contributed by atoms with Gasteiger partial charge in [0.25, 0.3) is 0 Å². The van der Waals surface area contributed by atoms with Crippen molar-refractivity contribution in [3.05, 3.63) is 0 Å². The summed E-state index contributed by atoms with van der Waals surface area (Å²) < 4.78 is 0. The van der Waals surface area contributed by atoms with Crippen LogP contribution in [0.2, 0.25) is 0 Å². The summed E-state index contributed by atoms with van der Waals surface area (Å²) in [5.74, 6) is 1.78. The molecular weight excluding hydrogens is 200 g/mol. The minimum absolute atomic E-state index is 0.215. The molecule has 0 aromatic rings. The Balaban J connectivity index is 1.90. The van der Waals surface area contributed by atoms with Crippen molar-refractivity contribution in [3.8, 4) is 0 Å². The number of likely N-dealkylation sites (tertiary alicyclic amines) is 1. The lowest BCUT2D eigenvalue weighted by molar-refractivity contribution is -0.137. The zero-order valence-corrected chi connectivity index (χ0v) is 10.5. The van der Waals surface area contributed by atoms with Gasteiger partial charge in [-0.1, -0.05) is 6.92 Å². The Bertz CT molecular complexity index is 261. The second kappa shape index (κ2) is 4.74. The number of carbonyl (C=O) groups is 1. The van der Waals surface area contributed by atoms with Crippen molar-refractivity contribution in [3.63, 3.8) is 0 Å². The summed E-state index contributed by atoms with van der Waals surface area (Å²) in [5.41, 5.74) is 5.94. The van der Waals surface area contributed by atoms with Gasteiger partial charge in [0, 0.05) is 25.0 Å². The summed E-state index contributed by atoms with van der Waals surface area (Å²) in [6.07, 6.45) is 4.80. The maximum absolute atomic E-state index is 12.2. The van der Waals surface area contributed by atoms with Gasteiger partial charge in [0.1, 0.15) is 0 Å². The van der Waals surface area contributed by atoms with Crippen LogP contribution >= 0.6 is 0 Å². The number of carbonyl (C=O) groups excluding carboxylic acids is 1. The summed E-state index contributed by atoms with van der Waals surface area (Å²) in [5, 5.41) is 0. The van der Waals surface area contributed by atoms with Gasteiger partial charge < -0.3 is 10.6 Å². The molecule has 1 aliphatic carbocycles. The lowest BCUT2D eigenvalue weighted by atomic mass is 9.91. The third kappa shape index (κ3) is 2.57. The van der Waals surface area contributed by atoms with E-state index in [9.17, 15) is 4.79 Å². The average molecular weight is 224 g/mol. The van der Waals surface area contributed by atoms with E-state index in [0.717, 1.165) is 19.5 Å². The fourth-order valence-corrected chi connectivity index (χ4v) is 2.73. The molecule has 3 nitrogen and oxygen atoms in total. The summed E-state index contributed by atoms with van der Waals surface area (Å²) in [7, 11) is 0. The van der Waals surface area contributed by atoms with Crippen LogP contribution < -0.4 is 5.73 Å². The molecule has 2 rings (SSSR count). The second-order valence-electron chi connectivity index (χ2n) is 5.67. The van der Waals surface area contributed by atoms with Crippen LogP contribution in [0.1, 0.15) is 39.5 Å². The zero-order valence-electron chi connectivity index (χ0n) is 10.5. The molecule has 1 saturated carbocycles. The number of nitrogens with zero attached hydrogens (tertiary/aromatic N) is 1. The molecule has 1 aliphatic heterocycles. The Kier molecular flexibility index (Phi) is 3.53. The molecule has 0 spiro atoms. The minimum Gasteiger partial charge on any atom is -0.342 e. The number of hydrogen-bond donors (Lipinski definition) is 1. The van der Waals surface area contributed by atoms with Crippen molar-refractivity contribution >= 4 is 5.91 Å². The van der Waals surface area contributed by atoms with Crippen LogP contribution in [0, 0.1) is 17.8 Å². The smallest absolute Gasteiger partial charge is 0.225 e. The predicted octanol–water partition coefficient (Wildman–Crippen LogP) is 1.62. The van der Waals surface area contributed by atoms with Crippen LogP contribution in [0.3, 0.4) is 0 Å². The van der Waals surface area contributed by atoms with Gasteiger partial charge in [-0.15, -0.1) is 0 Å². The molecule has 1 heterocycles. The third-order valence-corrected chi connectivity index (χ3v) is 4.23. The molecule has 0 radical (unpaired) electrons. The molecule has 0 aromatic heterocycles. The molecule has 3 atom stereocenters. The predicted molar refractivity (Wildman–Crippen MR) is 64.8 cm³/mol. The molecule has 0 bridgehead atoms. The fraction of sp³-hybridized carbons (Fsp3) is 0.923. The highest BCUT2D eigenvalue weighted by molar-refractivity contribution is 5.79. The van der Waals surface area contributed by atoms with Gasteiger partial charge in [-0.25, -0.2) is 0 Å². The second-order valence-corrected chi connectivity index (χ2v) is 5.67. The average Bonchev–Trinajstić information content (AvgIpc) is 3.11. The Hall–Kier alpha value is -0.570. The van der Waals surface area contributed by atoms with Crippen LogP contribution in [0.15, 0.2) is 0 Å². The summed E-state index contributed by atoms with van der Waals surface area (Å²) in [6, 6.07) is 0.215. The van der Waals surface area contributed by atoms with E-state index in [1.807, 2.05) is 0 Å². The van der Waals surface area contributed by atoms with Gasteiger partial charge in [0.05, 0.1) is 0 Å². The van der Waals surface area contributed by atoms with Gasteiger partial charge >= 0.3 is 0 Å². The maximum Gasteiger partial charge on any atom is 0.225 e. The van der Waals surface area contributed by atoms with E-state index in [4.69, 9.17) is 5.73 Å². The van der Waals surface area contributed by atoms with Crippen molar-refractivity contribution in [1.29, 1.82) is 0 Å². The third-order valence-electron chi connectivity index (χ3n) is 4.23. The van der Waals surface area contributed by atoms with Crippen molar-refractivity contribution in [2.24, 2.45) is 23.5 Å². The molecule has 3 heteroatoms. The molecule has 0 aromatic carbocycles. The van der Waals surface area contributed by atoms with E-state index >= 15 is 0 Å². The van der Waals surface area contributed by atoms with Crippen molar-refractivity contribution < 1.29 is 4.79 Å². The standard InChI is InChI=1S/C13H24N2O/c1-9(11-5-6-11)13(16)15-7-3-4-12(8-15)10(2)14/h9-12H,3-8,14H2,1-2H3. The maximum atomic E-state index is 12.2. The van der Waals surface area contributed by atoms with Gasteiger partial charge in [0.2, 0.25) is 5.91 Å². The van der Waals surface area contributed by atoms with Crippen LogP contribution in [-0.4, -0.2) is 29.9 Å². The van der Waals surface area contributed by atoms with Crippen molar-refractivity contribution in [1.82, 2.24) is 4.90 Å². The lowest BCUT2D eigenvalue weighted by Crippen LogP contribution is -2.46. The number of piperidine rings is 1. The fourth-order valence-electron chi connectivity index (χ4n) is 2.73. The minimum atomic E-state index is 0.215. The molecule has 1 amide bonds. The zero-order chi connectivity index (χ0) is 11.7. The molecule has 2 fully saturated rings. The first kappa shape index (κ1) is 11.9. The van der Waals surface area contributed by atoms with Crippen LogP contribution in [0.5, 0.6) is 0 Å². The quantitative estimate of drug-likeness (QED) is 0.792. The Morgan fingerprint density at radius 1 is 1.25 bits per heavy atom. The normalized spacial score (nSPS) is 29.9. The Morgan fingerprint density at radius 2 is 1.94 bits per heavy atom. The van der Waals surface area contributed by atoms with Crippen LogP contribution in [-0.2, 0) is 4.79 Å². The first-order chi connectivity index (χ1) is 7.59. The molecule has 92 valence electrons. The largest absolute Gasteiger partial charge is 0.342 e. The highest BCUT2D eigenvalue weighted by atomic mass is 16.2. The molecule has 2 N–H and O–H groups in total. The van der Waals surface area contributed by atoms with Gasteiger partial charge in [-0.3, -0.25) is 4.79 Å². The molecule has 2 aliphatic rings. The van der Waals surface area contributed by atoms with Crippen molar-refractivity contribution in [2.45, 2.75) is 45.6 Å². The van der Waals surface area contributed by atoms with E-state index in [1.54, 1.807) is 0 Å². The lowest BCUT2D eigenvalue weighted by Gasteiger charge is -2.36. The number of nitrogens with two attached hydrogens (primary N) is 1. The number of amides is 1. The SMILES string of the molecule is CC(N)C1CCCN(C(=O)C(C)C2CC2)C1. The van der Waals surface area contributed by atoms with Gasteiger partial charge in [-0.2, -0.15) is 0 Å². The summed E-state index contributed by atoms with van der Waals surface area (Å²) in [6.45, 7) is 5.98. The Labute approximate surface area is 98.4 Å². The summed E-state index contributed by atoms with van der Waals surface area (Å²) >= 11 is 0. The van der Waals surface area contributed by atoms with E-state index in [-0.39, 0.29) is 12.0 Å². The van der Waals surface area contributed by atoms with Crippen LogP contribution in [0.25, 0.3) is 0 Å². The first-order valence-electron chi connectivity index (χ1n) is 6.64. The highest BCUT2D eigenvalue weighted by Gasteiger charge is 2.36. The van der Waals surface area contributed by atoms with Gasteiger partial charge in [-0.05, 0) is 44.4 Å². The van der Waals surface area contributed by atoms with E-state index < -0.39 is 0 Å². The number of hydrogen-bond acceptors (Lipinski definition) is 2. The molecular formula is C13H24N2O. The molecule has 3 unspecified atom stereocenters. The number of rotatable bonds is 3. The van der Waals surface area contributed by atoms with E-state index in [2.05, 4.69) is 18.7 Å². The molecule has 16 heavy (non-hydrogen) atoms. The Morgan fingerprint density at radius 3 is 2.50 bits per heavy atom. The summed E-state index contributed by atoms with van der Waals surface area (Å²) in [4.78, 5) is 14.3. The van der Waals surface area contributed by atoms with E-state index in [0.29, 0.717) is 17.7 Å². The molecule has 1 saturated heterocycles. The first-order valence-corrected chi connectivity index (χ1v) is 6.64. The monoisotopic (exact) mass is 224 g/mol. The van der Waals surface area contributed by atoms with Gasteiger partial charge in [0.15, 0.2) is 0 Å². The van der Waals surface area contributed by atoms with E-state index in [1.165, 1.54) is 19.3 Å². The van der Waals surface area contributed by atoms with Crippen molar-refractivity contribution in [2.75, 3.05) is 13.1 Å².